The van der Waals surface area contributed by atoms with Crippen LogP contribution < -0.4 is 16.4 Å². The first-order chi connectivity index (χ1) is 13.8. The average Bonchev–Trinajstić information content (AvgIpc) is 2.68. The van der Waals surface area contributed by atoms with E-state index >= 15 is 0 Å². The van der Waals surface area contributed by atoms with Gasteiger partial charge >= 0.3 is 0 Å². The molecule has 0 spiro atoms. The van der Waals surface area contributed by atoms with Gasteiger partial charge in [0.2, 0.25) is 11.8 Å². The standard InChI is InChI=1S/C22H28N4O3/c1-14-10-18(27)11-15(2)19(14)12-20(23)22(29)26-16(3)21(28)25-9-5-7-17-6-4-8-24-13-17/h4-6,8-11,13,16,20,27H,7,12,23H2,1-3H3,(H,25,28)(H,26,29)/b9-5+/t16-,20?/m1/s1. The van der Waals surface area contributed by atoms with E-state index in [-0.39, 0.29) is 11.7 Å². The Morgan fingerprint density at radius 3 is 2.55 bits per heavy atom. The van der Waals surface area contributed by atoms with Crippen LogP contribution in [0.1, 0.15) is 29.2 Å². The molecule has 0 aliphatic carbocycles. The van der Waals surface area contributed by atoms with Crippen LogP contribution in [-0.4, -0.2) is 34.0 Å². The molecule has 2 rings (SSSR count). The summed E-state index contributed by atoms with van der Waals surface area (Å²) in [5.74, 6) is -0.549. The van der Waals surface area contributed by atoms with E-state index in [0.717, 1.165) is 22.3 Å². The zero-order valence-electron chi connectivity index (χ0n) is 17.0. The first-order valence-corrected chi connectivity index (χ1v) is 9.47. The van der Waals surface area contributed by atoms with Gasteiger partial charge in [-0.3, -0.25) is 14.6 Å². The zero-order chi connectivity index (χ0) is 21.4. The van der Waals surface area contributed by atoms with E-state index < -0.39 is 18.0 Å². The number of hydrogen-bond acceptors (Lipinski definition) is 5. The van der Waals surface area contributed by atoms with E-state index in [1.54, 1.807) is 37.7 Å². The molecule has 2 amide bonds. The Kier molecular flexibility index (Phi) is 7.91. The second kappa shape index (κ2) is 10.4. The van der Waals surface area contributed by atoms with Gasteiger partial charge in [0.1, 0.15) is 11.8 Å². The molecule has 1 aromatic heterocycles. The van der Waals surface area contributed by atoms with Crippen LogP contribution in [0, 0.1) is 13.8 Å². The lowest BCUT2D eigenvalue weighted by Gasteiger charge is -2.18. The maximum atomic E-state index is 12.4. The number of aromatic nitrogens is 1. The Labute approximate surface area is 171 Å². The molecule has 0 saturated carbocycles. The molecule has 0 aliphatic rings. The summed E-state index contributed by atoms with van der Waals surface area (Å²) in [4.78, 5) is 28.6. The number of hydrogen-bond donors (Lipinski definition) is 4. The van der Waals surface area contributed by atoms with Crippen molar-refractivity contribution in [2.24, 2.45) is 5.73 Å². The number of phenols is 1. The number of amides is 2. The summed E-state index contributed by atoms with van der Waals surface area (Å²) >= 11 is 0. The van der Waals surface area contributed by atoms with Crippen molar-refractivity contribution in [3.8, 4) is 5.75 Å². The van der Waals surface area contributed by atoms with Crippen LogP contribution in [0.15, 0.2) is 48.9 Å². The van der Waals surface area contributed by atoms with Crippen molar-refractivity contribution in [2.75, 3.05) is 0 Å². The topological polar surface area (TPSA) is 117 Å². The van der Waals surface area contributed by atoms with Crippen molar-refractivity contribution in [2.45, 2.75) is 45.7 Å². The van der Waals surface area contributed by atoms with Crippen molar-refractivity contribution in [1.82, 2.24) is 15.6 Å². The number of aromatic hydroxyl groups is 1. The Hall–Kier alpha value is -3.19. The molecule has 1 heterocycles. The highest BCUT2D eigenvalue weighted by Crippen LogP contribution is 2.21. The second-order valence-electron chi connectivity index (χ2n) is 7.08. The van der Waals surface area contributed by atoms with Crippen molar-refractivity contribution >= 4 is 11.8 Å². The van der Waals surface area contributed by atoms with Crippen LogP contribution in [0.4, 0.5) is 0 Å². The summed E-state index contributed by atoms with van der Waals surface area (Å²) in [6.45, 7) is 5.33. The number of benzene rings is 1. The predicted octanol–water partition coefficient (Wildman–Crippen LogP) is 1.65. The molecule has 2 atom stereocenters. The molecule has 0 aliphatic heterocycles. The first kappa shape index (κ1) is 22.1. The quantitative estimate of drug-likeness (QED) is 0.541. The Morgan fingerprint density at radius 2 is 1.93 bits per heavy atom. The smallest absolute Gasteiger partial charge is 0.246 e. The maximum Gasteiger partial charge on any atom is 0.246 e. The van der Waals surface area contributed by atoms with E-state index in [2.05, 4.69) is 15.6 Å². The van der Waals surface area contributed by atoms with Gasteiger partial charge in [-0.15, -0.1) is 0 Å². The third-order valence-corrected chi connectivity index (χ3v) is 4.61. The van der Waals surface area contributed by atoms with Gasteiger partial charge < -0.3 is 21.5 Å². The van der Waals surface area contributed by atoms with Gasteiger partial charge in [-0.25, -0.2) is 0 Å². The van der Waals surface area contributed by atoms with Gasteiger partial charge in [-0.2, -0.15) is 0 Å². The average molecular weight is 396 g/mol. The SMILES string of the molecule is Cc1cc(O)cc(C)c1CC(N)C(=O)N[C@H](C)C(=O)N/C=C/Cc1cccnc1. The predicted molar refractivity (Wildman–Crippen MR) is 112 cm³/mol. The van der Waals surface area contributed by atoms with Crippen LogP contribution in [-0.2, 0) is 22.4 Å². The van der Waals surface area contributed by atoms with Gasteiger partial charge in [0.15, 0.2) is 0 Å². The molecule has 0 radical (unpaired) electrons. The van der Waals surface area contributed by atoms with E-state index in [4.69, 9.17) is 5.73 Å². The Bertz CT molecular complexity index is 858. The third kappa shape index (κ3) is 6.73. The minimum Gasteiger partial charge on any atom is -0.508 e. The van der Waals surface area contributed by atoms with Crippen molar-refractivity contribution in [3.05, 3.63) is 71.2 Å². The molecule has 1 aromatic carbocycles. The van der Waals surface area contributed by atoms with Gasteiger partial charge in [-0.1, -0.05) is 12.1 Å². The lowest BCUT2D eigenvalue weighted by molar-refractivity contribution is -0.128. The number of allylic oxidation sites excluding steroid dienone is 1. The monoisotopic (exact) mass is 396 g/mol. The lowest BCUT2D eigenvalue weighted by atomic mass is 9.96. The summed E-state index contributed by atoms with van der Waals surface area (Å²) in [6, 6.07) is 5.55. The molecule has 0 bridgehead atoms. The second-order valence-corrected chi connectivity index (χ2v) is 7.08. The van der Waals surface area contributed by atoms with Gasteiger partial charge in [0.05, 0.1) is 6.04 Å². The van der Waals surface area contributed by atoms with E-state index in [1.165, 1.54) is 0 Å². The zero-order valence-corrected chi connectivity index (χ0v) is 17.0. The number of carbonyl (C=O) groups excluding carboxylic acids is 2. The molecule has 1 unspecified atom stereocenters. The number of nitrogens with one attached hydrogen (secondary N) is 2. The molecule has 0 saturated heterocycles. The summed E-state index contributed by atoms with van der Waals surface area (Å²) in [5.41, 5.74) is 9.72. The highest BCUT2D eigenvalue weighted by Gasteiger charge is 2.21. The molecule has 2 aromatic rings. The van der Waals surface area contributed by atoms with Crippen LogP contribution in [0.25, 0.3) is 0 Å². The molecule has 29 heavy (non-hydrogen) atoms. The lowest BCUT2D eigenvalue weighted by Crippen LogP contribution is -2.50. The molecular formula is C22H28N4O3. The van der Waals surface area contributed by atoms with E-state index in [1.807, 2.05) is 32.1 Å². The minimum absolute atomic E-state index is 0.184. The van der Waals surface area contributed by atoms with Crippen molar-refractivity contribution in [1.29, 1.82) is 0 Å². The summed E-state index contributed by atoms with van der Waals surface area (Å²) in [7, 11) is 0. The largest absolute Gasteiger partial charge is 0.508 e. The van der Waals surface area contributed by atoms with Crippen LogP contribution >= 0.6 is 0 Å². The van der Waals surface area contributed by atoms with Crippen molar-refractivity contribution < 1.29 is 14.7 Å². The minimum atomic E-state index is -0.798. The number of aryl methyl sites for hydroxylation is 2. The number of pyridine rings is 1. The summed E-state index contributed by atoms with van der Waals surface area (Å²) in [5, 5.41) is 14.9. The molecular weight excluding hydrogens is 368 g/mol. The maximum absolute atomic E-state index is 12.4. The fraction of sp³-hybridized carbons (Fsp3) is 0.318. The number of phenolic OH excluding ortho intramolecular Hbond substituents is 1. The molecule has 7 nitrogen and oxygen atoms in total. The molecule has 7 heteroatoms. The highest BCUT2D eigenvalue weighted by molar-refractivity contribution is 5.89. The van der Waals surface area contributed by atoms with Gasteiger partial charge in [0, 0.05) is 18.6 Å². The van der Waals surface area contributed by atoms with Crippen LogP contribution in [0.5, 0.6) is 5.75 Å². The van der Waals surface area contributed by atoms with Gasteiger partial charge in [-0.05, 0) is 74.1 Å². The Morgan fingerprint density at radius 1 is 1.24 bits per heavy atom. The normalized spacial score (nSPS) is 13.1. The Balaban J connectivity index is 1.83. The molecule has 0 fully saturated rings. The first-order valence-electron chi connectivity index (χ1n) is 9.47. The molecule has 154 valence electrons. The van der Waals surface area contributed by atoms with Gasteiger partial charge in [0.25, 0.3) is 0 Å². The van der Waals surface area contributed by atoms with E-state index in [9.17, 15) is 14.7 Å². The van der Waals surface area contributed by atoms with Crippen LogP contribution in [0.2, 0.25) is 0 Å². The number of nitrogens with two attached hydrogens (primary N) is 1. The van der Waals surface area contributed by atoms with E-state index in [0.29, 0.717) is 12.8 Å². The van der Waals surface area contributed by atoms with Crippen molar-refractivity contribution in [3.63, 3.8) is 0 Å². The van der Waals surface area contributed by atoms with Crippen LogP contribution in [0.3, 0.4) is 0 Å². The highest BCUT2D eigenvalue weighted by atomic mass is 16.3. The number of nitrogens with zero attached hydrogens (tertiary/aromatic N) is 1. The fourth-order valence-corrected chi connectivity index (χ4v) is 2.97. The third-order valence-electron chi connectivity index (χ3n) is 4.61. The number of rotatable bonds is 8. The summed E-state index contributed by atoms with van der Waals surface area (Å²) in [6.07, 6.45) is 7.79. The molecule has 5 N–H and O–H groups in total. The summed E-state index contributed by atoms with van der Waals surface area (Å²) < 4.78 is 0. The number of carbonyl (C=O) groups is 2. The fourth-order valence-electron chi connectivity index (χ4n) is 2.97.